The number of nitriles is 1. The Labute approximate surface area is 148 Å². The van der Waals surface area contributed by atoms with E-state index in [0.29, 0.717) is 18.2 Å². The maximum absolute atomic E-state index is 8.96. The molecule has 6 nitrogen and oxygen atoms in total. The number of likely N-dealkylation sites (tertiary alicyclic amines) is 1. The zero-order chi connectivity index (χ0) is 17.8. The van der Waals surface area contributed by atoms with Crippen LogP contribution < -0.4 is 9.47 Å². The lowest BCUT2D eigenvalue weighted by atomic mass is 10.1. The summed E-state index contributed by atoms with van der Waals surface area (Å²) >= 11 is 0. The highest BCUT2D eigenvalue weighted by molar-refractivity contribution is 5.36. The molecule has 1 saturated heterocycles. The number of hydrogen-bond donors (Lipinski definition) is 0. The van der Waals surface area contributed by atoms with Crippen molar-refractivity contribution in [3.05, 3.63) is 41.1 Å². The van der Waals surface area contributed by atoms with Gasteiger partial charge in [0.05, 0.1) is 30.0 Å². The molecule has 6 heteroatoms. The number of methoxy groups -OCH3 is 1. The molecule has 0 bridgehead atoms. The van der Waals surface area contributed by atoms with Crippen molar-refractivity contribution < 1.29 is 9.47 Å². The van der Waals surface area contributed by atoms with Gasteiger partial charge in [0.1, 0.15) is 12.4 Å². The van der Waals surface area contributed by atoms with Gasteiger partial charge >= 0.3 is 0 Å². The molecule has 0 spiro atoms. The second-order valence-corrected chi connectivity index (χ2v) is 6.31. The fourth-order valence-electron chi connectivity index (χ4n) is 3.64. The van der Waals surface area contributed by atoms with E-state index in [1.807, 2.05) is 30.8 Å². The third-order valence-corrected chi connectivity index (χ3v) is 4.71. The average Bonchev–Trinajstić information content (AvgIpc) is 3.18. The molecular weight excluding hydrogens is 316 g/mol. The smallest absolute Gasteiger partial charge is 0.216 e. The van der Waals surface area contributed by atoms with E-state index >= 15 is 0 Å². The molecule has 25 heavy (non-hydrogen) atoms. The summed E-state index contributed by atoms with van der Waals surface area (Å²) in [5, 5.41) is 13.5. The third kappa shape index (κ3) is 3.62. The second-order valence-electron chi connectivity index (χ2n) is 6.31. The van der Waals surface area contributed by atoms with E-state index in [1.54, 1.807) is 19.2 Å². The molecule has 0 aliphatic carbocycles. The highest BCUT2D eigenvalue weighted by Crippen LogP contribution is 2.38. The molecule has 1 atom stereocenters. The lowest BCUT2D eigenvalue weighted by Crippen LogP contribution is -2.28. The summed E-state index contributed by atoms with van der Waals surface area (Å²) in [4.78, 5) is 2.43. The summed E-state index contributed by atoms with van der Waals surface area (Å²) in [7, 11) is 3.62. The van der Waals surface area contributed by atoms with Crippen molar-refractivity contribution in [1.82, 2.24) is 14.7 Å². The van der Waals surface area contributed by atoms with Crippen LogP contribution in [0, 0.1) is 18.3 Å². The molecule has 2 heterocycles. The first-order valence-electron chi connectivity index (χ1n) is 8.58. The molecule has 0 amide bonds. The van der Waals surface area contributed by atoms with Gasteiger partial charge in [-0.2, -0.15) is 10.4 Å². The van der Waals surface area contributed by atoms with Crippen molar-refractivity contribution in [3.63, 3.8) is 0 Å². The number of benzene rings is 1. The molecule has 2 aromatic rings. The number of hydrogen-bond acceptors (Lipinski definition) is 5. The minimum atomic E-state index is 0.317. The first-order chi connectivity index (χ1) is 12.1. The van der Waals surface area contributed by atoms with Crippen LogP contribution >= 0.6 is 0 Å². The van der Waals surface area contributed by atoms with Crippen LogP contribution in [0.3, 0.4) is 0 Å². The topological polar surface area (TPSA) is 63.3 Å². The van der Waals surface area contributed by atoms with Crippen molar-refractivity contribution in [3.8, 4) is 17.7 Å². The molecule has 1 aliphatic heterocycles. The highest BCUT2D eigenvalue weighted by atomic mass is 16.5. The van der Waals surface area contributed by atoms with Gasteiger partial charge in [-0.05, 0) is 44.5 Å². The molecule has 1 aromatic heterocycles. The van der Waals surface area contributed by atoms with E-state index in [0.717, 1.165) is 43.3 Å². The van der Waals surface area contributed by atoms with Crippen LogP contribution in [0.15, 0.2) is 24.3 Å². The Bertz CT molecular complexity index is 778. The maximum atomic E-state index is 8.96. The van der Waals surface area contributed by atoms with Crippen LogP contribution in [0.5, 0.6) is 11.6 Å². The van der Waals surface area contributed by atoms with E-state index in [4.69, 9.17) is 14.7 Å². The fourth-order valence-corrected chi connectivity index (χ4v) is 3.64. The standard InChI is InChI=1S/C19H24N4O2/c1-14-18(19(24-3)22(2)21-14)17-8-5-9-23(17)10-11-25-16-7-4-6-15(12-16)13-20/h4,6-7,12,17H,5,8-11H2,1-3H3/t17-/m1/s1. The van der Waals surface area contributed by atoms with E-state index in [1.165, 1.54) is 5.56 Å². The number of aryl methyl sites for hydroxylation is 2. The van der Waals surface area contributed by atoms with E-state index in [-0.39, 0.29) is 0 Å². The first-order valence-corrected chi connectivity index (χ1v) is 8.58. The van der Waals surface area contributed by atoms with Crippen LogP contribution in [0.1, 0.15) is 35.7 Å². The van der Waals surface area contributed by atoms with E-state index in [2.05, 4.69) is 16.1 Å². The Kier molecular flexibility index (Phi) is 5.25. The van der Waals surface area contributed by atoms with Crippen LogP contribution in [0.4, 0.5) is 0 Å². The molecule has 1 fully saturated rings. The van der Waals surface area contributed by atoms with Crippen molar-refractivity contribution in [2.24, 2.45) is 7.05 Å². The SMILES string of the molecule is COc1c([C@H]2CCCN2CCOc2cccc(C#N)c2)c(C)nn1C. The quantitative estimate of drug-likeness (QED) is 0.809. The number of nitrogens with zero attached hydrogens (tertiary/aromatic N) is 4. The summed E-state index contributed by atoms with van der Waals surface area (Å²) in [6, 6.07) is 9.73. The van der Waals surface area contributed by atoms with Crippen LogP contribution in [0.25, 0.3) is 0 Å². The highest BCUT2D eigenvalue weighted by Gasteiger charge is 2.31. The Balaban J connectivity index is 1.66. The van der Waals surface area contributed by atoms with E-state index < -0.39 is 0 Å². The van der Waals surface area contributed by atoms with Crippen LogP contribution in [-0.4, -0.2) is 41.5 Å². The summed E-state index contributed by atoms with van der Waals surface area (Å²) in [6.45, 7) is 4.51. The van der Waals surface area contributed by atoms with Gasteiger partial charge in [-0.15, -0.1) is 0 Å². The zero-order valence-corrected chi connectivity index (χ0v) is 15.0. The summed E-state index contributed by atoms with van der Waals surface area (Å²) < 4.78 is 13.2. The molecule has 0 radical (unpaired) electrons. The van der Waals surface area contributed by atoms with Gasteiger partial charge in [-0.3, -0.25) is 4.90 Å². The lowest BCUT2D eigenvalue weighted by molar-refractivity contribution is 0.194. The Morgan fingerprint density at radius 2 is 2.24 bits per heavy atom. The molecule has 0 unspecified atom stereocenters. The summed E-state index contributed by atoms with van der Waals surface area (Å²) in [6.07, 6.45) is 2.26. The molecular formula is C19H24N4O2. The summed E-state index contributed by atoms with van der Waals surface area (Å²) in [5.74, 6) is 1.59. The van der Waals surface area contributed by atoms with Gasteiger partial charge in [0.2, 0.25) is 5.88 Å². The predicted octanol–water partition coefficient (Wildman–Crippen LogP) is 2.82. The Morgan fingerprint density at radius 1 is 1.40 bits per heavy atom. The average molecular weight is 340 g/mol. The zero-order valence-electron chi connectivity index (χ0n) is 15.0. The largest absolute Gasteiger partial charge is 0.492 e. The minimum Gasteiger partial charge on any atom is -0.492 e. The van der Waals surface area contributed by atoms with Crippen molar-refractivity contribution >= 4 is 0 Å². The Hall–Kier alpha value is -2.52. The van der Waals surface area contributed by atoms with Crippen molar-refractivity contribution in [2.75, 3.05) is 26.8 Å². The first kappa shape index (κ1) is 17.3. The van der Waals surface area contributed by atoms with Crippen molar-refractivity contribution in [2.45, 2.75) is 25.8 Å². The van der Waals surface area contributed by atoms with Crippen LogP contribution in [0.2, 0.25) is 0 Å². The second kappa shape index (κ2) is 7.58. The van der Waals surface area contributed by atoms with Crippen LogP contribution in [-0.2, 0) is 7.05 Å². The van der Waals surface area contributed by atoms with Gasteiger partial charge in [-0.1, -0.05) is 6.07 Å². The molecule has 1 aliphatic rings. The molecule has 0 N–H and O–H groups in total. The summed E-state index contributed by atoms with van der Waals surface area (Å²) in [5.41, 5.74) is 2.83. The van der Waals surface area contributed by atoms with E-state index in [9.17, 15) is 0 Å². The normalized spacial score (nSPS) is 17.4. The van der Waals surface area contributed by atoms with Gasteiger partial charge < -0.3 is 9.47 Å². The molecule has 3 rings (SSSR count). The fraction of sp³-hybridized carbons (Fsp3) is 0.474. The number of aromatic nitrogens is 2. The maximum Gasteiger partial charge on any atom is 0.216 e. The third-order valence-electron chi connectivity index (χ3n) is 4.71. The lowest BCUT2D eigenvalue weighted by Gasteiger charge is -2.25. The molecule has 132 valence electrons. The minimum absolute atomic E-state index is 0.317. The van der Waals surface area contributed by atoms with Gasteiger partial charge in [0.15, 0.2) is 0 Å². The molecule has 1 aromatic carbocycles. The Morgan fingerprint density at radius 3 is 3.00 bits per heavy atom. The van der Waals surface area contributed by atoms with Crippen molar-refractivity contribution in [1.29, 1.82) is 5.26 Å². The van der Waals surface area contributed by atoms with Gasteiger partial charge in [0.25, 0.3) is 0 Å². The number of rotatable bonds is 6. The van der Waals surface area contributed by atoms with Gasteiger partial charge in [0, 0.05) is 19.6 Å². The molecule has 0 saturated carbocycles. The number of ether oxygens (including phenoxy) is 2. The predicted molar refractivity (Wildman–Crippen MR) is 94.7 cm³/mol. The van der Waals surface area contributed by atoms with Gasteiger partial charge in [-0.25, -0.2) is 4.68 Å². The monoisotopic (exact) mass is 340 g/mol.